The summed E-state index contributed by atoms with van der Waals surface area (Å²) >= 11 is 0. The molecule has 4 saturated carbocycles. The molecule has 120 valence electrons. The van der Waals surface area contributed by atoms with Gasteiger partial charge in [0.2, 0.25) is 0 Å². The number of rotatable bonds is 0. The highest BCUT2D eigenvalue weighted by Crippen LogP contribution is 2.65. The van der Waals surface area contributed by atoms with E-state index in [1.165, 1.54) is 44.9 Å². The number of hydrogen-bond donors (Lipinski definition) is 2. The lowest BCUT2D eigenvalue weighted by atomic mass is 9.45. The van der Waals surface area contributed by atoms with Gasteiger partial charge in [0.05, 0.1) is 12.1 Å². The van der Waals surface area contributed by atoms with E-state index in [-0.39, 0.29) is 6.10 Å². The van der Waals surface area contributed by atoms with Gasteiger partial charge in [-0.2, -0.15) is 0 Å². The Balaban J connectivity index is 1.62. The molecule has 8 unspecified atom stereocenters. The van der Waals surface area contributed by atoms with Gasteiger partial charge in [-0.3, -0.25) is 0 Å². The van der Waals surface area contributed by atoms with Crippen LogP contribution in [0.4, 0.5) is 0 Å². The van der Waals surface area contributed by atoms with E-state index < -0.39 is 0 Å². The zero-order chi connectivity index (χ0) is 14.8. The molecule has 0 radical (unpaired) electrons. The van der Waals surface area contributed by atoms with Gasteiger partial charge in [-0.1, -0.05) is 13.8 Å². The first-order chi connectivity index (χ1) is 9.95. The maximum absolute atomic E-state index is 10.1. The third kappa shape index (κ3) is 1.91. The van der Waals surface area contributed by atoms with Crippen LogP contribution in [0.1, 0.15) is 71.6 Å². The van der Waals surface area contributed by atoms with Gasteiger partial charge in [0.1, 0.15) is 0 Å². The number of fused-ring (bicyclic) bond motifs is 5. The van der Waals surface area contributed by atoms with E-state index in [9.17, 15) is 5.11 Å². The normalized spacial score (nSPS) is 60.0. The summed E-state index contributed by atoms with van der Waals surface area (Å²) in [5.41, 5.74) is 5.58. The average molecular weight is 292 g/mol. The predicted molar refractivity (Wildman–Crippen MR) is 84.4 cm³/mol. The van der Waals surface area contributed by atoms with Crippen LogP contribution in [0.3, 0.4) is 0 Å². The van der Waals surface area contributed by atoms with Crippen LogP contribution in [0.25, 0.3) is 0 Å². The zero-order valence-electron chi connectivity index (χ0n) is 14.0. The lowest BCUT2D eigenvalue weighted by molar-refractivity contribution is -0.445. The van der Waals surface area contributed by atoms with Gasteiger partial charge < -0.3 is 10.8 Å². The molecule has 2 nitrogen and oxygen atoms in total. The van der Waals surface area contributed by atoms with E-state index in [0.717, 1.165) is 36.5 Å². The third-order valence-corrected chi connectivity index (χ3v) is 8.83. The first kappa shape index (κ1) is 14.5. The van der Waals surface area contributed by atoms with E-state index in [1.54, 1.807) is 0 Å². The quantitative estimate of drug-likeness (QED) is 0.708. The summed E-state index contributed by atoms with van der Waals surface area (Å²) in [6.07, 6.45) is 11.9. The zero-order valence-corrected chi connectivity index (χ0v) is 14.0. The molecule has 21 heavy (non-hydrogen) atoms. The van der Waals surface area contributed by atoms with Gasteiger partial charge in [-0.25, -0.2) is 0 Å². The SMILES string of the molecule is CC12CCC3C(CCC4CC(O)CCC43C)C1CCC2[NH3+]. The molecule has 0 aromatic carbocycles. The maximum atomic E-state index is 10.1. The summed E-state index contributed by atoms with van der Waals surface area (Å²) in [5.74, 6) is 3.64. The molecule has 4 aliphatic carbocycles. The van der Waals surface area contributed by atoms with Crippen LogP contribution >= 0.6 is 0 Å². The lowest BCUT2D eigenvalue weighted by Crippen LogP contribution is -2.68. The minimum atomic E-state index is -0.0100. The van der Waals surface area contributed by atoms with Gasteiger partial charge in [0.25, 0.3) is 0 Å². The Hall–Kier alpha value is -0.0800. The molecule has 2 heteroatoms. The van der Waals surface area contributed by atoms with Gasteiger partial charge in [-0.15, -0.1) is 0 Å². The van der Waals surface area contributed by atoms with Crippen molar-refractivity contribution in [3.05, 3.63) is 0 Å². The Bertz CT molecular complexity index is 424. The second-order valence-electron chi connectivity index (χ2n) is 9.40. The average Bonchev–Trinajstić information content (AvgIpc) is 2.76. The van der Waals surface area contributed by atoms with E-state index in [2.05, 4.69) is 19.6 Å². The molecular weight excluding hydrogens is 258 g/mol. The molecule has 0 aromatic rings. The molecule has 4 N–H and O–H groups in total. The fourth-order valence-corrected chi connectivity index (χ4v) is 7.34. The molecule has 0 aliphatic heterocycles. The predicted octanol–water partition coefficient (Wildman–Crippen LogP) is 3.00. The minimum absolute atomic E-state index is 0.0100. The first-order valence-electron chi connectivity index (χ1n) is 9.46. The smallest absolute Gasteiger partial charge is 0.0900 e. The summed E-state index contributed by atoms with van der Waals surface area (Å²) < 4.78 is 0. The van der Waals surface area contributed by atoms with Crippen LogP contribution in [0.2, 0.25) is 0 Å². The molecule has 4 rings (SSSR count). The largest absolute Gasteiger partial charge is 0.393 e. The van der Waals surface area contributed by atoms with Gasteiger partial charge >= 0.3 is 0 Å². The van der Waals surface area contributed by atoms with Crippen molar-refractivity contribution in [2.24, 2.45) is 34.5 Å². The van der Waals surface area contributed by atoms with Crippen molar-refractivity contribution in [2.45, 2.75) is 83.8 Å². The minimum Gasteiger partial charge on any atom is -0.393 e. The monoisotopic (exact) mass is 292 g/mol. The van der Waals surface area contributed by atoms with Crippen molar-refractivity contribution >= 4 is 0 Å². The third-order valence-electron chi connectivity index (χ3n) is 8.83. The molecule has 0 spiro atoms. The molecule has 0 amide bonds. The molecule has 4 aliphatic rings. The van der Waals surface area contributed by atoms with Crippen molar-refractivity contribution < 1.29 is 10.8 Å². The fourth-order valence-electron chi connectivity index (χ4n) is 7.34. The van der Waals surface area contributed by atoms with Crippen LogP contribution in [-0.2, 0) is 0 Å². The summed E-state index contributed by atoms with van der Waals surface area (Å²) in [6.45, 7) is 5.14. The van der Waals surface area contributed by atoms with Gasteiger partial charge in [-0.05, 0) is 80.5 Å². The van der Waals surface area contributed by atoms with Gasteiger partial charge in [0, 0.05) is 11.8 Å². The Kier molecular flexibility index (Phi) is 3.25. The topological polar surface area (TPSA) is 47.9 Å². The van der Waals surface area contributed by atoms with Crippen LogP contribution in [0.5, 0.6) is 0 Å². The summed E-state index contributed by atoms with van der Waals surface area (Å²) in [6, 6.07) is 0.696. The van der Waals surface area contributed by atoms with Crippen molar-refractivity contribution in [2.75, 3.05) is 0 Å². The standard InChI is InChI=1S/C19H33NO/c1-18-9-7-13(21)11-12(18)3-4-14-15-5-6-17(20)19(15,2)10-8-16(14)18/h12-17,21H,3-11,20H2,1-2H3/p+1. The summed E-state index contributed by atoms with van der Waals surface area (Å²) in [4.78, 5) is 0. The first-order valence-corrected chi connectivity index (χ1v) is 9.46. The van der Waals surface area contributed by atoms with Crippen LogP contribution in [0.15, 0.2) is 0 Å². The Labute approximate surface area is 129 Å². The lowest BCUT2D eigenvalue weighted by Gasteiger charge is -2.60. The van der Waals surface area contributed by atoms with Crippen molar-refractivity contribution in [1.29, 1.82) is 0 Å². The molecular formula is C19H34NO+. The highest BCUT2D eigenvalue weighted by atomic mass is 16.3. The van der Waals surface area contributed by atoms with Crippen LogP contribution in [-0.4, -0.2) is 17.3 Å². The molecule has 0 bridgehead atoms. The van der Waals surface area contributed by atoms with Crippen LogP contribution in [0, 0.1) is 34.5 Å². The van der Waals surface area contributed by atoms with E-state index in [0.29, 0.717) is 16.9 Å². The number of hydrogen-bond acceptors (Lipinski definition) is 1. The molecule has 0 saturated heterocycles. The maximum Gasteiger partial charge on any atom is 0.0900 e. The fraction of sp³-hybridized carbons (Fsp3) is 1.00. The van der Waals surface area contributed by atoms with E-state index in [4.69, 9.17) is 0 Å². The number of aliphatic hydroxyl groups excluding tert-OH is 1. The summed E-state index contributed by atoms with van der Waals surface area (Å²) in [5, 5.41) is 10.1. The highest BCUT2D eigenvalue weighted by Gasteiger charge is 2.60. The Morgan fingerprint density at radius 3 is 2.38 bits per heavy atom. The second-order valence-corrected chi connectivity index (χ2v) is 9.40. The molecule has 0 heterocycles. The van der Waals surface area contributed by atoms with Crippen molar-refractivity contribution in [3.8, 4) is 0 Å². The highest BCUT2D eigenvalue weighted by molar-refractivity contribution is 5.09. The van der Waals surface area contributed by atoms with Crippen LogP contribution < -0.4 is 5.73 Å². The molecule has 8 atom stereocenters. The van der Waals surface area contributed by atoms with E-state index >= 15 is 0 Å². The number of aliphatic hydroxyl groups is 1. The van der Waals surface area contributed by atoms with Crippen molar-refractivity contribution in [1.82, 2.24) is 0 Å². The van der Waals surface area contributed by atoms with Crippen molar-refractivity contribution in [3.63, 3.8) is 0 Å². The number of quaternary nitrogens is 1. The van der Waals surface area contributed by atoms with E-state index in [1.807, 2.05) is 0 Å². The Morgan fingerprint density at radius 2 is 1.57 bits per heavy atom. The Morgan fingerprint density at radius 1 is 0.857 bits per heavy atom. The second kappa shape index (κ2) is 4.71. The summed E-state index contributed by atoms with van der Waals surface area (Å²) in [7, 11) is 0. The molecule has 0 aromatic heterocycles. The van der Waals surface area contributed by atoms with Gasteiger partial charge in [0.15, 0.2) is 0 Å². The molecule has 4 fully saturated rings.